The summed E-state index contributed by atoms with van der Waals surface area (Å²) in [5.74, 6) is 0.874. The molecule has 0 atom stereocenters. The van der Waals surface area contributed by atoms with Crippen molar-refractivity contribution in [2.45, 2.75) is 19.5 Å². The molecule has 5 rings (SSSR count). The largest absolute Gasteiger partial charge is 0.454 e. The van der Waals surface area contributed by atoms with Crippen molar-refractivity contribution in [3.8, 4) is 11.5 Å². The van der Waals surface area contributed by atoms with Gasteiger partial charge in [0, 0.05) is 64.6 Å². The molecule has 2 aromatic carbocycles. The molecule has 192 valence electrons. The number of amides is 2. The van der Waals surface area contributed by atoms with E-state index in [1.807, 2.05) is 23.1 Å². The number of piperazine rings is 1. The van der Waals surface area contributed by atoms with E-state index in [0.29, 0.717) is 13.1 Å². The second-order valence-corrected chi connectivity index (χ2v) is 9.04. The molecule has 2 amide bonds. The van der Waals surface area contributed by atoms with Crippen molar-refractivity contribution in [2.24, 2.45) is 0 Å². The number of aromatic nitrogens is 2. The molecule has 1 saturated heterocycles. The van der Waals surface area contributed by atoms with Crippen LogP contribution in [0.3, 0.4) is 0 Å². The number of fused-ring (bicyclic) bond motifs is 1. The van der Waals surface area contributed by atoms with Gasteiger partial charge in [-0.3, -0.25) is 19.5 Å². The highest BCUT2D eigenvalue weighted by atomic mass is 19.1. The standard InChI is InChI=1S/C27H28FN5O4/c28-22-4-1-20(2-5-22)18-33(27(35)23-16-29-8-9-30-23)10-7-26(34)32-13-11-31(12-14-32)17-21-3-6-24-25(15-21)37-19-36-24/h1-6,8-9,15-16H,7,10-14,17-19H2. The van der Waals surface area contributed by atoms with Crippen LogP contribution in [0.15, 0.2) is 61.1 Å². The van der Waals surface area contributed by atoms with Crippen LogP contribution in [0.1, 0.15) is 28.0 Å². The van der Waals surface area contributed by atoms with E-state index in [0.717, 1.165) is 42.3 Å². The molecule has 0 aliphatic carbocycles. The molecule has 0 N–H and O–H groups in total. The summed E-state index contributed by atoms with van der Waals surface area (Å²) in [6, 6.07) is 11.9. The monoisotopic (exact) mass is 505 g/mol. The van der Waals surface area contributed by atoms with Gasteiger partial charge >= 0.3 is 0 Å². The van der Waals surface area contributed by atoms with Gasteiger partial charge in [-0.05, 0) is 35.4 Å². The summed E-state index contributed by atoms with van der Waals surface area (Å²) in [6.45, 7) is 4.27. The highest BCUT2D eigenvalue weighted by Gasteiger charge is 2.24. The normalized spacial score (nSPS) is 15.0. The van der Waals surface area contributed by atoms with Crippen LogP contribution in [0, 0.1) is 5.82 Å². The van der Waals surface area contributed by atoms with Crippen LogP contribution in [0.5, 0.6) is 11.5 Å². The Labute approximate surface area is 214 Å². The summed E-state index contributed by atoms with van der Waals surface area (Å²) >= 11 is 0. The molecule has 0 radical (unpaired) electrons. The van der Waals surface area contributed by atoms with Crippen molar-refractivity contribution in [1.82, 2.24) is 24.7 Å². The third kappa shape index (κ3) is 6.21. The van der Waals surface area contributed by atoms with Gasteiger partial charge in [0.15, 0.2) is 11.5 Å². The van der Waals surface area contributed by atoms with Gasteiger partial charge in [-0.15, -0.1) is 0 Å². The molecule has 3 aromatic rings. The summed E-state index contributed by atoms with van der Waals surface area (Å²) in [7, 11) is 0. The lowest BCUT2D eigenvalue weighted by Crippen LogP contribution is -2.49. The number of carbonyl (C=O) groups is 2. The number of hydrogen-bond donors (Lipinski definition) is 0. The van der Waals surface area contributed by atoms with Gasteiger partial charge in [0.1, 0.15) is 11.5 Å². The molecule has 9 nitrogen and oxygen atoms in total. The van der Waals surface area contributed by atoms with Gasteiger partial charge in [-0.1, -0.05) is 18.2 Å². The maximum atomic E-state index is 13.3. The van der Waals surface area contributed by atoms with Crippen LogP contribution in [0.25, 0.3) is 0 Å². The van der Waals surface area contributed by atoms with Crippen LogP contribution in [0.2, 0.25) is 0 Å². The van der Waals surface area contributed by atoms with Gasteiger partial charge in [-0.25, -0.2) is 9.37 Å². The van der Waals surface area contributed by atoms with E-state index < -0.39 is 0 Å². The second kappa shape index (κ2) is 11.3. The molecule has 0 bridgehead atoms. The first-order valence-electron chi connectivity index (χ1n) is 12.2. The predicted octanol–water partition coefficient (Wildman–Crippen LogP) is 2.72. The fourth-order valence-electron chi connectivity index (χ4n) is 4.48. The van der Waals surface area contributed by atoms with E-state index in [9.17, 15) is 14.0 Å². The summed E-state index contributed by atoms with van der Waals surface area (Å²) in [5, 5.41) is 0. The van der Waals surface area contributed by atoms with Gasteiger partial charge in [0.2, 0.25) is 12.7 Å². The smallest absolute Gasteiger partial charge is 0.274 e. The van der Waals surface area contributed by atoms with Gasteiger partial charge in [0.05, 0.1) is 6.20 Å². The zero-order chi connectivity index (χ0) is 25.6. The molecule has 0 unspecified atom stereocenters. The second-order valence-electron chi connectivity index (χ2n) is 9.04. The molecule has 1 aromatic heterocycles. The van der Waals surface area contributed by atoms with Crippen LogP contribution < -0.4 is 9.47 Å². The minimum atomic E-state index is -0.344. The first-order chi connectivity index (χ1) is 18.0. The minimum Gasteiger partial charge on any atom is -0.454 e. The number of nitrogens with zero attached hydrogens (tertiary/aromatic N) is 5. The lowest BCUT2D eigenvalue weighted by atomic mass is 10.1. The Hall–Kier alpha value is -4.05. The number of hydrogen-bond acceptors (Lipinski definition) is 7. The van der Waals surface area contributed by atoms with Crippen LogP contribution in [-0.4, -0.2) is 76.0 Å². The Bertz CT molecular complexity index is 1230. The molecule has 3 heterocycles. The van der Waals surface area contributed by atoms with Crippen LogP contribution in [0.4, 0.5) is 4.39 Å². The molecular formula is C27H28FN5O4. The van der Waals surface area contributed by atoms with Crippen LogP contribution in [-0.2, 0) is 17.9 Å². The molecule has 0 spiro atoms. The summed E-state index contributed by atoms with van der Waals surface area (Å²) in [4.78, 5) is 39.9. The number of ether oxygens (including phenoxy) is 2. The SMILES string of the molecule is O=C(CCN(Cc1ccc(F)cc1)C(=O)c1cnccn1)N1CCN(Cc2ccc3c(c2)OCO3)CC1. The van der Waals surface area contributed by atoms with Crippen molar-refractivity contribution < 1.29 is 23.5 Å². The van der Waals surface area contributed by atoms with Crippen molar-refractivity contribution in [3.05, 3.63) is 83.7 Å². The molecule has 1 fully saturated rings. The fraction of sp³-hybridized carbons (Fsp3) is 0.333. The van der Waals surface area contributed by atoms with E-state index >= 15 is 0 Å². The zero-order valence-electron chi connectivity index (χ0n) is 20.4. The first kappa shape index (κ1) is 24.6. The summed E-state index contributed by atoms with van der Waals surface area (Å²) in [6.07, 6.45) is 4.55. The van der Waals surface area contributed by atoms with E-state index in [2.05, 4.69) is 14.9 Å². The highest BCUT2D eigenvalue weighted by molar-refractivity contribution is 5.92. The topological polar surface area (TPSA) is 88.1 Å². The van der Waals surface area contributed by atoms with Gasteiger partial charge < -0.3 is 19.3 Å². The van der Waals surface area contributed by atoms with Crippen molar-refractivity contribution in [1.29, 1.82) is 0 Å². The average Bonchev–Trinajstić information content (AvgIpc) is 3.40. The Morgan fingerprint density at radius 2 is 1.70 bits per heavy atom. The van der Waals surface area contributed by atoms with E-state index in [1.54, 1.807) is 17.0 Å². The number of carbonyl (C=O) groups excluding carboxylic acids is 2. The molecule has 0 saturated carbocycles. The van der Waals surface area contributed by atoms with E-state index in [-0.39, 0.29) is 49.6 Å². The third-order valence-electron chi connectivity index (χ3n) is 6.52. The van der Waals surface area contributed by atoms with Gasteiger partial charge in [0.25, 0.3) is 5.91 Å². The Morgan fingerprint density at radius 1 is 0.946 bits per heavy atom. The lowest BCUT2D eigenvalue weighted by Gasteiger charge is -2.35. The minimum absolute atomic E-state index is 0.00113. The molecule has 37 heavy (non-hydrogen) atoms. The number of benzene rings is 2. The van der Waals surface area contributed by atoms with Crippen LogP contribution >= 0.6 is 0 Å². The van der Waals surface area contributed by atoms with E-state index in [4.69, 9.17) is 9.47 Å². The third-order valence-corrected chi connectivity index (χ3v) is 6.52. The average molecular weight is 506 g/mol. The fourth-order valence-corrected chi connectivity index (χ4v) is 4.48. The van der Waals surface area contributed by atoms with Gasteiger partial charge in [-0.2, -0.15) is 0 Å². The van der Waals surface area contributed by atoms with Crippen molar-refractivity contribution >= 4 is 11.8 Å². The predicted molar refractivity (Wildman–Crippen MR) is 132 cm³/mol. The maximum Gasteiger partial charge on any atom is 0.274 e. The molecule has 2 aliphatic heterocycles. The van der Waals surface area contributed by atoms with E-state index in [1.165, 1.54) is 30.7 Å². The molecule has 10 heteroatoms. The maximum absolute atomic E-state index is 13.3. The molecular weight excluding hydrogens is 477 g/mol. The first-order valence-corrected chi connectivity index (χ1v) is 12.2. The molecule has 2 aliphatic rings. The highest BCUT2D eigenvalue weighted by Crippen LogP contribution is 2.32. The number of halogens is 1. The Morgan fingerprint density at radius 3 is 2.46 bits per heavy atom. The zero-order valence-corrected chi connectivity index (χ0v) is 20.4. The summed E-state index contributed by atoms with van der Waals surface area (Å²) in [5.41, 5.74) is 2.11. The van der Waals surface area contributed by atoms with Crippen molar-refractivity contribution in [3.63, 3.8) is 0 Å². The number of rotatable bonds is 8. The Kier molecular flexibility index (Phi) is 7.55. The van der Waals surface area contributed by atoms with Crippen molar-refractivity contribution in [2.75, 3.05) is 39.5 Å². The Balaban J connectivity index is 1.15. The lowest BCUT2D eigenvalue weighted by molar-refractivity contribution is -0.133. The quantitative estimate of drug-likeness (QED) is 0.465. The summed E-state index contributed by atoms with van der Waals surface area (Å²) < 4.78 is 24.2.